The predicted molar refractivity (Wildman–Crippen MR) is 79.2 cm³/mol. The molecule has 2 aromatic heterocycles. The van der Waals surface area contributed by atoms with E-state index >= 15 is 0 Å². The Balaban J connectivity index is 1.70. The lowest BCUT2D eigenvalue weighted by atomic mass is 10.2. The van der Waals surface area contributed by atoms with Crippen LogP contribution in [0.2, 0.25) is 0 Å². The number of amides is 1. The van der Waals surface area contributed by atoms with Gasteiger partial charge >= 0.3 is 0 Å². The zero-order valence-electron chi connectivity index (χ0n) is 10.9. The van der Waals surface area contributed by atoms with Crippen LogP contribution < -0.4 is 4.72 Å². The third-order valence-corrected chi connectivity index (χ3v) is 6.24. The molecule has 3 rings (SSSR count). The Bertz CT molecular complexity index is 798. The van der Waals surface area contributed by atoms with Gasteiger partial charge in [-0.2, -0.15) is 8.42 Å². The third kappa shape index (κ3) is 2.87. The lowest BCUT2D eigenvalue weighted by Gasteiger charge is -2.05. The summed E-state index contributed by atoms with van der Waals surface area (Å²) in [6.45, 7) is 0. The molecule has 7 nitrogen and oxygen atoms in total. The monoisotopic (exact) mass is 390 g/mol. The molecule has 1 aliphatic carbocycles. The maximum absolute atomic E-state index is 12.1. The van der Waals surface area contributed by atoms with Crippen molar-refractivity contribution >= 4 is 43.2 Å². The van der Waals surface area contributed by atoms with Gasteiger partial charge in [0.1, 0.15) is 0 Å². The number of aryl methyl sites for hydroxylation is 1. The van der Waals surface area contributed by atoms with E-state index < -0.39 is 15.9 Å². The van der Waals surface area contributed by atoms with E-state index in [-0.39, 0.29) is 16.9 Å². The van der Waals surface area contributed by atoms with E-state index in [1.807, 2.05) is 11.4 Å². The van der Waals surface area contributed by atoms with Gasteiger partial charge in [0.05, 0.1) is 9.98 Å². The maximum Gasteiger partial charge on any atom is 0.282 e. The maximum atomic E-state index is 12.1. The van der Waals surface area contributed by atoms with Gasteiger partial charge < -0.3 is 0 Å². The lowest BCUT2D eigenvalue weighted by Crippen LogP contribution is -2.33. The first-order valence-corrected chi connectivity index (χ1v) is 9.19. The molecular weight excluding hydrogens is 380 g/mol. The van der Waals surface area contributed by atoms with Crippen molar-refractivity contribution < 1.29 is 13.2 Å². The molecule has 0 unspecified atom stereocenters. The summed E-state index contributed by atoms with van der Waals surface area (Å²) in [4.78, 5) is 12.1. The molecular formula is C11H11BrN4O3S2. The van der Waals surface area contributed by atoms with Crippen LogP contribution in [0.1, 0.15) is 17.9 Å². The fourth-order valence-corrected chi connectivity index (χ4v) is 4.49. The van der Waals surface area contributed by atoms with Crippen LogP contribution in [-0.4, -0.2) is 29.3 Å². The van der Waals surface area contributed by atoms with Crippen molar-refractivity contribution in [2.45, 2.75) is 17.4 Å². The average Bonchev–Trinajstić information content (AvgIpc) is 2.89. The molecule has 2 aromatic rings. The SMILES string of the molecule is Cn1nncc1S(=O)(=O)NC(=O)[C@@H]1C[C@H]1c1csc(Br)c1. The van der Waals surface area contributed by atoms with E-state index in [2.05, 4.69) is 31.0 Å². The predicted octanol–water partition coefficient (Wildman–Crippen LogP) is 1.25. The van der Waals surface area contributed by atoms with Gasteiger partial charge in [-0.25, -0.2) is 9.40 Å². The number of carbonyl (C=O) groups is 1. The van der Waals surface area contributed by atoms with Gasteiger partial charge in [0.25, 0.3) is 10.0 Å². The summed E-state index contributed by atoms with van der Waals surface area (Å²) < 4.78 is 28.3. The van der Waals surface area contributed by atoms with Gasteiger partial charge in [0.2, 0.25) is 5.91 Å². The zero-order chi connectivity index (χ0) is 15.2. The molecule has 10 heteroatoms. The highest BCUT2D eigenvalue weighted by Gasteiger charge is 2.45. The van der Waals surface area contributed by atoms with E-state index in [9.17, 15) is 13.2 Å². The summed E-state index contributed by atoms with van der Waals surface area (Å²) in [6, 6.07) is 1.96. The number of thiophene rings is 1. The van der Waals surface area contributed by atoms with Gasteiger partial charge in [0.15, 0.2) is 5.03 Å². The van der Waals surface area contributed by atoms with Crippen LogP contribution in [-0.2, 0) is 21.9 Å². The number of rotatable bonds is 4. The summed E-state index contributed by atoms with van der Waals surface area (Å²) in [6.07, 6.45) is 1.77. The molecule has 21 heavy (non-hydrogen) atoms. The number of sulfonamides is 1. The van der Waals surface area contributed by atoms with Gasteiger partial charge in [-0.1, -0.05) is 5.21 Å². The number of nitrogens with zero attached hydrogens (tertiary/aromatic N) is 3. The van der Waals surface area contributed by atoms with Crippen molar-refractivity contribution in [2.75, 3.05) is 0 Å². The van der Waals surface area contributed by atoms with Crippen molar-refractivity contribution in [2.24, 2.45) is 13.0 Å². The normalized spacial score (nSPS) is 21.2. The Morgan fingerprint density at radius 1 is 1.57 bits per heavy atom. The van der Waals surface area contributed by atoms with Crippen LogP contribution in [0.25, 0.3) is 0 Å². The summed E-state index contributed by atoms with van der Waals surface area (Å²) in [5.41, 5.74) is 1.06. The highest BCUT2D eigenvalue weighted by Crippen LogP contribution is 2.49. The van der Waals surface area contributed by atoms with Gasteiger partial charge in [0, 0.05) is 13.0 Å². The number of aromatic nitrogens is 3. The molecule has 0 radical (unpaired) electrons. The topological polar surface area (TPSA) is 93.9 Å². The number of halogens is 1. The summed E-state index contributed by atoms with van der Waals surface area (Å²) in [5, 5.41) is 8.89. The minimum absolute atomic E-state index is 0.0902. The molecule has 1 aliphatic rings. The molecule has 112 valence electrons. The van der Waals surface area contributed by atoms with Crippen molar-refractivity contribution in [3.63, 3.8) is 0 Å². The van der Waals surface area contributed by atoms with E-state index in [0.29, 0.717) is 6.42 Å². The molecule has 0 aliphatic heterocycles. The second-order valence-electron chi connectivity index (χ2n) is 4.80. The highest BCUT2D eigenvalue weighted by atomic mass is 79.9. The number of nitrogens with one attached hydrogen (secondary N) is 1. The Morgan fingerprint density at radius 3 is 2.90 bits per heavy atom. The largest absolute Gasteiger partial charge is 0.282 e. The quantitative estimate of drug-likeness (QED) is 0.847. The molecule has 0 aromatic carbocycles. The van der Waals surface area contributed by atoms with E-state index in [0.717, 1.165) is 20.2 Å². The molecule has 1 fully saturated rings. The van der Waals surface area contributed by atoms with E-state index in [4.69, 9.17) is 0 Å². The van der Waals surface area contributed by atoms with Crippen LogP contribution >= 0.6 is 27.3 Å². The fraction of sp³-hybridized carbons (Fsp3) is 0.364. The molecule has 0 bridgehead atoms. The second kappa shape index (κ2) is 5.18. The van der Waals surface area contributed by atoms with Crippen LogP contribution in [0, 0.1) is 5.92 Å². The van der Waals surface area contributed by atoms with E-state index in [1.165, 1.54) is 7.05 Å². The smallest absolute Gasteiger partial charge is 0.274 e. The second-order valence-corrected chi connectivity index (χ2v) is 8.72. The number of hydrogen-bond acceptors (Lipinski definition) is 6. The molecule has 2 atom stereocenters. The standard InChI is InChI=1S/C11H11BrN4O3S2/c1-16-10(4-13-15-16)21(18,19)14-11(17)8-3-7(8)6-2-9(12)20-5-6/h2,4-5,7-8H,3H2,1H3,(H,14,17)/t7-,8+/m0/s1. The van der Waals surface area contributed by atoms with Crippen LogP contribution in [0.3, 0.4) is 0 Å². The molecule has 1 saturated carbocycles. The van der Waals surface area contributed by atoms with Crippen LogP contribution in [0.15, 0.2) is 26.5 Å². The minimum Gasteiger partial charge on any atom is -0.274 e. The minimum atomic E-state index is -3.92. The number of hydrogen-bond donors (Lipinski definition) is 1. The number of carbonyl (C=O) groups excluding carboxylic acids is 1. The molecule has 2 heterocycles. The van der Waals surface area contributed by atoms with Gasteiger partial charge in [-0.15, -0.1) is 16.4 Å². The van der Waals surface area contributed by atoms with E-state index in [1.54, 1.807) is 11.3 Å². The van der Waals surface area contributed by atoms with Crippen LogP contribution in [0.4, 0.5) is 0 Å². The lowest BCUT2D eigenvalue weighted by molar-refractivity contribution is -0.120. The average molecular weight is 391 g/mol. The third-order valence-electron chi connectivity index (χ3n) is 3.33. The van der Waals surface area contributed by atoms with Crippen molar-refractivity contribution in [3.8, 4) is 0 Å². The Labute approximate surface area is 133 Å². The first-order chi connectivity index (χ1) is 9.88. The molecule has 0 saturated heterocycles. The Kier molecular flexibility index (Phi) is 3.62. The van der Waals surface area contributed by atoms with Crippen LogP contribution in [0.5, 0.6) is 0 Å². The van der Waals surface area contributed by atoms with Crippen molar-refractivity contribution in [3.05, 3.63) is 27.0 Å². The zero-order valence-corrected chi connectivity index (χ0v) is 14.1. The molecule has 1 N–H and O–H groups in total. The van der Waals surface area contributed by atoms with Crippen molar-refractivity contribution in [1.29, 1.82) is 0 Å². The summed E-state index contributed by atoms with van der Waals surface area (Å²) in [5.74, 6) is -0.696. The summed E-state index contributed by atoms with van der Waals surface area (Å²) >= 11 is 4.92. The Hall–Kier alpha value is -1.26. The molecule has 1 amide bonds. The fourth-order valence-electron chi connectivity index (χ4n) is 2.16. The van der Waals surface area contributed by atoms with Gasteiger partial charge in [-0.05, 0) is 45.3 Å². The first-order valence-electron chi connectivity index (χ1n) is 6.04. The highest BCUT2D eigenvalue weighted by molar-refractivity contribution is 9.11. The van der Waals surface area contributed by atoms with Gasteiger partial charge in [-0.3, -0.25) is 4.79 Å². The Morgan fingerprint density at radius 2 is 2.33 bits per heavy atom. The molecule has 0 spiro atoms. The summed E-state index contributed by atoms with van der Waals surface area (Å²) in [7, 11) is -2.47. The van der Waals surface area contributed by atoms with Crippen molar-refractivity contribution in [1.82, 2.24) is 19.7 Å². The first kappa shape index (κ1) is 14.7.